The molecular weight excluding hydrogens is 879 g/mol. The minimum absolute atomic E-state index is 0.0140. The second-order valence-electron chi connectivity index (χ2n) is 17.0. The maximum Gasteiger partial charge on any atom is 0.307 e. The Bertz CT molecular complexity index is 2880. The number of carbonyl (C=O) groups is 3. The number of amides is 2. The van der Waals surface area contributed by atoms with Crippen LogP contribution in [0.5, 0.6) is 17.2 Å². The monoisotopic (exact) mass is 933 g/mol. The summed E-state index contributed by atoms with van der Waals surface area (Å²) in [5, 5.41) is 48.8. The van der Waals surface area contributed by atoms with E-state index < -0.39 is 99.2 Å². The van der Waals surface area contributed by atoms with Gasteiger partial charge in [-0.2, -0.15) is 0 Å². The van der Waals surface area contributed by atoms with Gasteiger partial charge in [0.05, 0.1) is 41.7 Å². The molecule has 2 aliphatic heterocycles. The van der Waals surface area contributed by atoms with E-state index in [2.05, 4.69) is 23.1 Å². The predicted octanol–water partition coefficient (Wildman–Crippen LogP) is 4.63. The minimum atomic E-state index is -2.02. The highest BCUT2D eigenvalue weighted by molar-refractivity contribution is 7.78. The fourth-order valence-corrected chi connectivity index (χ4v) is 8.44. The van der Waals surface area contributed by atoms with Crippen molar-refractivity contribution in [3.63, 3.8) is 0 Å². The van der Waals surface area contributed by atoms with Crippen LogP contribution in [-0.4, -0.2) is 98.0 Å². The maximum atomic E-state index is 14.7. The Morgan fingerprint density at radius 1 is 0.970 bits per heavy atom. The number of anilines is 1. The molecule has 2 amide bonds. The predicted molar refractivity (Wildman–Crippen MR) is 247 cm³/mol. The van der Waals surface area contributed by atoms with E-state index in [1.807, 2.05) is 0 Å². The molecule has 19 heteroatoms. The number of benzene rings is 3. The lowest BCUT2D eigenvalue weighted by molar-refractivity contribution is -0.160. The Labute approximate surface area is 384 Å². The van der Waals surface area contributed by atoms with Crippen LogP contribution in [0.15, 0.2) is 62.3 Å². The molecule has 4 aromatic rings. The molecule has 0 spiro atoms. The van der Waals surface area contributed by atoms with Crippen LogP contribution in [-0.2, 0) is 28.6 Å². The zero-order valence-electron chi connectivity index (χ0n) is 38.2. The highest BCUT2D eigenvalue weighted by atomic mass is 32.1. The summed E-state index contributed by atoms with van der Waals surface area (Å²) in [5.74, 6) is -7.57. The van der Waals surface area contributed by atoms with Crippen molar-refractivity contribution >= 4 is 75.0 Å². The molecule has 3 heterocycles. The number of allylic oxidation sites excluding steroid dienone is 2. The zero-order valence-corrected chi connectivity index (χ0v) is 39.1. The van der Waals surface area contributed by atoms with Gasteiger partial charge in [-0.05, 0) is 19.9 Å². The fraction of sp³-hybridized carbons (Fsp3) is 0.447. The van der Waals surface area contributed by atoms with Crippen LogP contribution in [0.2, 0.25) is 0 Å². The maximum absolute atomic E-state index is 14.7. The van der Waals surface area contributed by atoms with Crippen LogP contribution >= 0.6 is 12.8 Å². The van der Waals surface area contributed by atoms with Crippen LogP contribution in [0.4, 0.5) is 5.69 Å². The molecule has 0 fully saturated rings. The standard InChI is InChI=1S/C47H55N3O15S/c1-20-12-11-13-21(2)46(59)49-37-41(57)33-32(36-44(37)64-31-19-28(18-29(53)35(31)48-36)61-17-15-50(66)26(7)51)34-43(25(6)40(33)56)65-47(9,45(34)58)62-16-14-30(60-10)22(3)42(63-27(8)52)24(5)39(55)23(4)38(20)54/h11-14,16,18-20,22-24,30,38-39,42,54-56,58,66H,15,17H2,1-10H3,(H,49,59)/b12-11+,16-14+,21-13-/t20-,22+,23+,24+,30-,38-,39+,42+,47-/m0/s1. The van der Waals surface area contributed by atoms with Crippen molar-refractivity contribution in [1.29, 1.82) is 0 Å². The number of hydrogen-bond acceptors (Lipinski definition) is 17. The van der Waals surface area contributed by atoms with E-state index in [1.54, 1.807) is 33.8 Å². The molecule has 66 heavy (non-hydrogen) atoms. The Kier molecular flexibility index (Phi) is 14.5. The van der Waals surface area contributed by atoms with E-state index in [9.17, 15) is 44.4 Å². The zero-order chi connectivity index (χ0) is 48.7. The van der Waals surface area contributed by atoms with Crippen molar-refractivity contribution in [2.45, 2.75) is 92.5 Å². The molecular formula is C47H55N3O15S. The van der Waals surface area contributed by atoms with Gasteiger partial charge < -0.3 is 53.8 Å². The molecule has 5 N–H and O–H groups in total. The molecule has 4 bridgehead atoms. The van der Waals surface area contributed by atoms with Crippen LogP contribution in [0.3, 0.4) is 0 Å². The minimum Gasteiger partial charge on any atom is -0.507 e. The summed E-state index contributed by atoms with van der Waals surface area (Å²) in [4.78, 5) is 71.1. The first kappa shape index (κ1) is 49.3. The SMILES string of the molecule is CO[C@H]1/C=C/O[C@@]2(C)Oc3c(C)c(O)c4c(=O)c(c5oc6cc(OCCN(S)C(C)=O)cc(=O)c6nc5c4c3=C2O)NC(=O)/C(C)=C\C=C\[C@H](C)[C@H](O)[C@@H](C)[C@@H](O)[C@@H](C)[C@H](OC(C)=O)[C@@H]1C. The molecule has 6 rings (SSSR count). The Balaban J connectivity index is 1.62. The van der Waals surface area contributed by atoms with Crippen molar-refractivity contribution in [2.24, 2.45) is 23.7 Å². The van der Waals surface area contributed by atoms with Gasteiger partial charge in [0.2, 0.25) is 16.8 Å². The molecule has 1 aromatic heterocycles. The number of thiol groups is 1. The highest BCUT2D eigenvalue weighted by Crippen LogP contribution is 2.42. The van der Waals surface area contributed by atoms with E-state index in [-0.39, 0.29) is 74.5 Å². The van der Waals surface area contributed by atoms with Crippen molar-refractivity contribution in [1.82, 2.24) is 9.29 Å². The largest absolute Gasteiger partial charge is 0.507 e. The normalized spacial score (nSPS) is 28.0. The first-order valence-electron chi connectivity index (χ1n) is 21.3. The van der Waals surface area contributed by atoms with Gasteiger partial charge in [-0.25, -0.2) is 4.98 Å². The third-order valence-corrected chi connectivity index (χ3v) is 12.8. The second-order valence-corrected chi connectivity index (χ2v) is 17.5. The average molecular weight is 934 g/mol. The van der Waals surface area contributed by atoms with Gasteiger partial charge in [0.15, 0.2) is 22.4 Å². The number of aliphatic hydroxyl groups excluding tert-OH is 3. The van der Waals surface area contributed by atoms with E-state index in [4.69, 9.17) is 28.1 Å². The Morgan fingerprint density at radius 3 is 2.32 bits per heavy atom. The number of nitrogens with one attached hydrogen (secondary N) is 1. The van der Waals surface area contributed by atoms with E-state index in [0.717, 1.165) is 10.4 Å². The number of phenolic OH excluding ortho intramolecular Hbond substituents is 1. The summed E-state index contributed by atoms with van der Waals surface area (Å²) < 4.78 is 37.0. The summed E-state index contributed by atoms with van der Waals surface area (Å²) in [6.07, 6.45) is 3.29. The molecule has 9 atom stereocenters. The molecule has 0 radical (unpaired) electrons. The summed E-state index contributed by atoms with van der Waals surface area (Å²) in [6.45, 7) is 13.7. The second kappa shape index (κ2) is 19.4. The number of esters is 1. The van der Waals surface area contributed by atoms with Gasteiger partial charge in [0, 0.05) is 80.2 Å². The van der Waals surface area contributed by atoms with E-state index in [0.29, 0.717) is 0 Å². The van der Waals surface area contributed by atoms with Crippen molar-refractivity contribution in [3.8, 4) is 17.2 Å². The van der Waals surface area contributed by atoms with E-state index in [1.165, 1.54) is 72.3 Å². The highest BCUT2D eigenvalue weighted by Gasteiger charge is 2.44. The number of phenols is 1. The lowest BCUT2D eigenvalue weighted by Crippen LogP contribution is -2.46. The van der Waals surface area contributed by atoms with Crippen LogP contribution in [0.1, 0.15) is 61.0 Å². The Morgan fingerprint density at radius 2 is 1.67 bits per heavy atom. The number of aromatic hydroxyl groups is 1. The van der Waals surface area contributed by atoms with Gasteiger partial charge in [0.1, 0.15) is 41.2 Å². The fourth-order valence-electron chi connectivity index (χ4n) is 8.36. The first-order chi connectivity index (χ1) is 31.0. The van der Waals surface area contributed by atoms with Gasteiger partial charge in [-0.15, -0.1) is 0 Å². The van der Waals surface area contributed by atoms with Crippen molar-refractivity contribution in [2.75, 3.05) is 25.6 Å². The number of hydrogen-bond donors (Lipinski definition) is 6. The number of aromatic nitrogens is 1. The molecule has 3 aromatic carbocycles. The lowest BCUT2D eigenvalue weighted by Gasteiger charge is -2.38. The number of fused-ring (bicyclic) bond motifs is 2. The number of carbonyl (C=O) groups excluding carboxylic acids is 3. The summed E-state index contributed by atoms with van der Waals surface area (Å²) in [7, 11) is 1.42. The third kappa shape index (κ3) is 9.29. The van der Waals surface area contributed by atoms with Gasteiger partial charge in [0.25, 0.3) is 5.91 Å². The molecule has 18 nitrogen and oxygen atoms in total. The molecule has 2 aliphatic rings. The van der Waals surface area contributed by atoms with Gasteiger partial charge in [-0.1, -0.05) is 58.7 Å². The van der Waals surface area contributed by atoms with Crippen LogP contribution in [0, 0.1) is 30.6 Å². The van der Waals surface area contributed by atoms with E-state index >= 15 is 0 Å². The topological polar surface area (TPSA) is 254 Å². The number of rotatable bonds is 6. The summed E-state index contributed by atoms with van der Waals surface area (Å²) in [6, 6.07) is 2.49. The third-order valence-electron chi connectivity index (χ3n) is 12.3. The number of ether oxygens (including phenoxy) is 5. The average Bonchev–Trinajstić information content (AvgIpc) is 3.53. The van der Waals surface area contributed by atoms with Gasteiger partial charge >= 0.3 is 11.8 Å². The Hall–Kier alpha value is -6.15. The van der Waals surface area contributed by atoms with Crippen molar-refractivity contribution in [3.05, 3.63) is 79.5 Å². The number of nitrogens with zero attached hydrogens (tertiary/aromatic N) is 2. The molecule has 0 saturated heterocycles. The smallest absolute Gasteiger partial charge is 0.307 e. The number of aliphatic hydroxyl groups is 3. The van der Waals surface area contributed by atoms with Crippen LogP contribution in [0.25, 0.3) is 38.7 Å². The van der Waals surface area contributed by atoms with Gasteiger partial charge in [-0.3, -0.25) is 28.3 Å². The summed E-state index contributed by atoms with van der Waals surface area (Å²) in [5.41, 5.74) is -2.94. The molecule has 354 valence electrons. The number of methoxy groups -OCH3 is 1. The van der Waals surface area contributed by atoms with Crippen molar-refractivity contribution < 1.29 is 62.9 Å². The molecule has 0 saturated carbocycles. The lowest BCUT2D eigenvalue weighted by atomic mass is 9.78. The quantitative estimate of drug-likeness (QED) is 0.0667. The molecule has 0 aliphatic carbocycles. The summed E-state index contributed by atoms with van der Waals surface area (Å²) >= 11 is 4.09. The first-order valence-corrected chi connectivity index (χ1v) is 21.7. The van der Waals surface area contributed by atoms with Crippen LogP contribution < -0.4 is 30.9 Å². The molecule has 0 unspecified atom stereocenters.